The monoisotopic (exact) mass is 376 g/mol. The van der Waals surface area contributed by atoms with Crippen molar-refractivity contribution in [2.45, 2.75) is 0 Å². The van der Waals surface area contributed by atoms with E-state index in [1.165, 1.54) is 0 Å². The van der Waals surface area contributed by atoms with Crippen molar-refractivity contribution in [1.29, 1.82) is 0 Å². The van der Waals surface area contributed by atoms with Crippen LogP contribution in [0, 0.1) is 0 Å². The summed E-state index contributed by atoms with van der Waals surface area (Å²) in [5.41, 5.74) is 6.09. The summed E-state index contributed by atoms with van der Waals surface area (Å²) in [6, 6.07) is 30.1. The first-order valence-corrected chi connectivity index (χ1v) is 9.48. The van der Waals surface area contributed by atoms with Crippen LogP contribution in [0.4, 0.5) is 11.4 Å². The summed E-state index contributed by atoms with van der Waals surface area (Å²) in [7, 11) is 0. The second kappa shape index (κ2) is 6.24. The summed E-state index contributed by atoms with van der Waals surface area (Å²) in [6.07, 6.45) is 0. The van der Waals surface area contributed by atoms with Gasteiger partial charge in [0.15, 0.2) is 5.58 Å². The number of anilines is 2. The van der Waals surface area contributed by atoms with E-state index >= 15 is 0 Å². The number of hydrogen-bond donors (Lipinski definition) is 1. The van der Waals surface area contributed by atoms with Gasteiger partial charge in [-0.05, 0) is 42.5 Å². The van der Waals surface area contributed by atoms with Crippen molar-refractivity contribution in [2.75, 3.05) is 5.32 Å². The molecule has 6 rings (SSSR count). The van der Waals surface area contributed by atoms with Crippen LogP contribution in [-0.4, -0.2) is 4.98 Å². The van der Waals surface area contributed by atoms with Crippen molar-refractivity contribution in [1.82, 2.24) is 4.98 Å². The van der Waals surface area contributed by atoms with Crippen molar-refractivity contribution >= 4 is 44.4 Å². The molecule has 0 aliphatic heterocycles. The number of rotatable bonds is 3. The Balaban J connectivity index is 1.42. The Hall–Kier alpha value is -4.05. The Kier molecular flexibility index (Phi) is 3.43. The lowest BCUT2D eigenvalue weighted by atomic mass is 10.1. The number of oxazole rings is 1. The summed E-state index contributed by atoms with van der Waals surface area (Å²) in [5.74, 6) is 0.614. The molecule has 138 valence electrons. The van der Waals surface area contributed by atoms with Crippen molar-refractivity contribution in [2.24, 2.45) is 0 Å². The Labute approximate surface area is 166 Å². The van der Waals surface area contributed by atoms with Gasteiger partial charge >= 0.3 is 0 Å². The third kappa shape index (κ3) is 2.65. The number of nitrogens with zero attached hydrogens (tertiary/aromatic N) is 1. The quantitative estimate of drug-likeness (QED) is 0.357. The Morgan fingerprint density at radius 2 is 1.41 bits per heavy atom. The summed E-state index contributed by atoms with van der Waals surface area (Å²) >= 11 is 0. The van der Waals surface area contributed by atoms with Crippen molar-refractivity contribution < 1.29 is 8.83 Å². The molecular weight excluding hydrogens is 360 g/mol. The van der Waals surface area contributed by atoms with Gasteiger partial charge in [0.25, 0.3) is 0 Å². The highest BCUT2D eigenvalue weighted by Gasteiger charge is 2.12. The van der Waals surface area contributed by atoms with E-state index in [1.54, 1.807) is 0 Å². The molecule has 0 aliphatic carbocycles. The maximum atomic E-state index is 6.01. The molecule has 4 nitrogen and oxygen atoms in total. The van der Waals surface area contributed by atoms with E-state index in [2.05, 4.69) is 23.5 Å². The van der Waals surface area contributed by atoms with E-state index in [1.807, 2.05) is 72.8 Å². The van der Waals surface area contributed by atoms with Crippen LogP contribution in [0.3, 0.4) is 0 Å². The molecule has 4 aromatic carbocycles. The van der Waals surface area contributed by atoms with E-state index in [0.717, 1.165) is 50.0 Å². The van der Waals surface area contributed by atoms with E-state index in [4.69, 9.17) is 13.8 Å². The second-order valence-corrected chi connectivity index (χ2v) is 6.97. The van der Waals surface area contributed by atoms with Gasteiger partial charge in [0.1, 0.15) is 16.7 Å². The second-order valence-electron chi connectivity index (χ2n) is 6.97. The zero-order chi connectivity index (χ0) is 19.2. The molecule has 4 heteroatoms. The first-order chi connectivity index (χ1) is 14.3. The van der Waals surface area contributed by atoms with Gasteiger partial charge in [-0.3, -0.25) is 0 Å². The SMILES string of the molecule is c1ccc(-c2nc3c(Nc4ccc5c(c4)oc4ccccc45)cccc3o2)cc1. The molecule has 0 spiro atoms. The first kappa shape index (κ1) is 16.0. The van der Waals surface area contributed by atoms with Gasteiger partial charge in [0.2, 0.25) is 5.89 Å². The van der Waals surface area contributed by atoms with Gasteiger partial charge in [0, 0.05) is 28.1 Å². The van der Waals surface area contributed by atoms with Gasteiger partial charge in [-0.15, -0.1) is 0 Å². The number of para-hydroxylation sites is 2. The Morgan fingerprint density at radius 3 is 2.34 bits per heavy atom. The molecule has 0 saturated carbocycles. The first-order valence-electron chi connectivity index (χ1n) is 9.48. The maximum Gasteiger partial charge on any atom is 0.227 e. The van der Waals surface area contributed by atoms with Crippen LogP contribution in [0.5, 0.6) is 0 Å². The third-order valence-corrected chi connectivity index (χ3v) is 5.10. The molecule has 29 heavy (non-hydrogen) atoms. The number of aromatic nitrogens is 1. The predicted molar refractivity (Wildman–Crippen MR) is 116 cm³/mol. The summed E-state index contributed by atoms with van der Waals surface area (Å²) in [4.78, 5) is 4.72. The van der Waals surface area contributed by atoms with E-state index in [-0.39, 0.29) is 0 Å². The molecule has 2 heterocycles. The highest BCUT2D eigenvalue weighted by Crippen LogP contribution is 2.33. The molecule has 0 bridgehead atoms. The molecule has 0 atom stereocenters. The van der Waals surface area contributed by atoms with Gasteiger partial charge in [-0.1, -0.05) is 42.5 Å². The summed E-state index contributed by atoms with van der Waals surface area (Å²) in [6.45, 7) is 0. The summed E-state index contributed by atoms with van der Waals surface area (Å²) in [5, 5.41) is 5.70. The molecule has 0 radical (unpaired) electrons. The fourth-order valence-electron chi connectivity index (χ4n) is 3.71. The third-order valence-electron chi connectivity index (χ3n) is 5.10. The van der Waals surface area contributed by atoms with E-state index in [9.17, 15) is 0 Å². The number of nitrogens with one attached hydrogen (secondary N) is 1. The Bertz CT molecular complexity index is 1480. The van der Waals surface area contributed by atoms with Crippen LogP contribution in [0.25, 0.3) is 44.5 Å². The number of benzene rings is 4. The molecule has 2 aromatic heterocycles. The van der Waals surface area contributed by atoms with Crippen LogP contribution in [-0.2, 0) is 0 Å². The van der Waals surface area contributed by atoms with Crippen LogP contribution in [0.15, 0.2) is 99.8 Å². The topological polar surface area (TPSA) is 51.2 Å². The lowest BCUT2D eigenvalue weighted by Crippen LogP contribution is -1.91. The van der Waals surface area contributed by atoms with Gasteiger partial charge < -0.3 is 14.2 Å². The van der Waals surface area contributed by atoms with Crippen LogP contribution in [0.1, 0.15) is 0 Å². The van der Waals surface area contributed by atoms with Gasteiger partial charge in [-0.25, -0.2) is 4.98 Å². The van der Waals surface area contributed by atoms with Crippen molar-refractivity contribution in [3.63, 3.8) is 0 Å². The average molecular weight is 376 g/mol. The number of fused-ring (bicyclic) bond motifs is 4. The predicted octanol–water partition coefficient (Wildman–Crippen LogP) is 7.14. The summed E-state index contributed by atoms with van der Waals surface area (Å²) < 4.78 is 12.0. The lowest BCUT2D eigenvalue weighted by molar-refractivity contribution is 0.620. The highest BCUT2D eigenvalue weighted by atomic mass is 16.3. The number of hydrogen-bond acceptors (Lipinski definition) is 4. The fourth-order valence-corrected chi connectivity index (χ4v) is 3.71. The van der Waals surface area contributed by atoms with E-state index in [0.29, 0.717) is 5.89 Å². The molecule has 0 aliphatic rings. The van der Waals surface area contributed by atoms with Crippen LogP contribution >= 0.6 is 0 Å². The zero-order valence-electron chi connectivity index (χ0n) is 15.4. The molecule has 1 N–H and O–H groups in total. The van der Waals surface area contributed by atoms with E-state index < -0.39 is 0 Å². The molecule has 0 amide bonds. The zero-order valence-corrected chi connectivity index (χ0v) is 15.4. The largest absolute Gasteiger partial charge is 0.456 e. The Morgan fingerprint density at radius 1 is 0.621 bits per heavy atom. The van der Waals surface area contributed by atoms with Crippen molar-refractivity contribution in [3.8, 4) is 11.5 Å². The minimum absolute atomic E-state index is 0.614. The average Bonchev–Trinajstić information content (AvgIpc) is 3.36. The lowest BCUT2D eigenvalue weighted by Gasteiger charge is -2.06. The normalized spacial score (nSPS) is 11.4. The van der Waals surface area contributed by atoms with Crippen LogP contribution in [0.2, 0.25) is 0 Å². The minimum Gasteiger partial charge on any atom is -0.456 e. The van der Waals surface area contributed by atoms with Crippen molar-refractivity contribution in [3.05, 3.63) is 91.0 Å². The molecular formula is C25H16N2O2. The van der Waals surface area contributed by atoms with Gasteiger partial charge in [-0.2, -0.15) is 0 Å². The maximum absolute atomic E-state index is 6.01. The smallest absolute Gasteiger partial charge is 0.227 e. The van der Waals surface area contributed by atoms with Crippen LogP contribution < -0.4 is 5.32 Å². The molecule has 0 unspecified atom stereocenters. The number of furan rings is 1. The molecule has 0 saturated heterocycles. The fraction of sp³-hybridized carbons (Fsp3) is 0. The molecule has 0 fully saturated rings. The highest BCUT2D eigenvalue weighted by molar-refractivity contribution is 6.06. The standard InChI is InChI=1S/C25H16N2O2/c1-2-7-16(8-3-1)25-27-24-20(10-6-12-22(24)29-25)26-17-13-14-19-18-9-4-5-11-21(18)28-23(19)15-17/h1-15,26H. The molecule has 6 aromatic rings. The minimum atomic E-state index is 0.614. The van der Waals surface area contributed by atoms with Gasteiger partial charge in [0.05, 0.1) is 5.69 Å².